The van der Waals surface area contributed by atoms with Crippen LogP contribution in [-0.4, -0.2) is 35.7 Å². The molecule has 1 aliphatic heterocycles. The van der Waals surface area contributed by atoms with Gasteiger partial charge in [-0.1, -0.05) is 54.6 Å². The molecular weight excluding hydrogens is 336 g/mol. The molecule has 3 rings (SSSR count). The number of benzene rings is 2. The molecule has 0 spiro atoms. The van der Waals surface area contributed by atoms with Gasteiger partial charge in [0.2, 0.25) is 0 Å². The number of hydrogen-bond acceptors (Lipinski definition) is 5. The quantitative estimate of drug-likeness (QED) is 0.633. The van der Waals surface area contributed by atoms with Crippen molar-refractivity contribution in [3.05, 3.63) is 71.3 Å². The molecule has 1 heterocycles. The lowest BCUT2D eigenvalue weighted by Crippen LogP contribution is -2.47. The lowest BCUT2D eigenvalue weighted by molar-refractivity contribution is -0.147. The van der Waals surface area contributed by atoms with Crippen LogP contribution in [0.3, 0.4) is 0 Å². The fourth-order valence-corrected chi connectivity index (χ4v) is 3.10. The van der Waals surface area contributed by atoms with Gasteiger partial charge in [0.1, 0.15) is 0 Å². The van der Waals surface area contributed by atoms with E-state index in [-0.39, 0.29) is 6.54 Å². The van der Waals surface area contributed by atoms with Crippen LogP contribution in [0.4, 0.5) is 4.79 Å². The van der Waals surface area contributed by atoms with Crippen molar-refractivity contribution < 1.29 is 24.3 Å². The summed E-state index contributed by atoms with van der Waals surface area (Å²) in [4.78, 5) is 30.5. The summed E-state index contributed by atoms with van der Waals surface area (Å²) in [5, 5.41) is 9.55. The second-order valence-corrected chi connectivity index (χ2v) is 5.93. The van der Waals surface area contributed by atoms with E-state index in [0.717, 1.165) is 16.0 Å². The van der Waals surface area contributed by atoms with E-state index in [1.54, 1.807) is 12.1 Å². The Morgan fingerprint density at radius 1 is 1.12 bits per heavy atom. The molecule has 7 heteroatoms. The molecule has 26 heavy (non-hydrogen) atoms. The largest absolute Gasteiger partial charge is 0.467 e. The highest BCUT2D eigenvalue weighted by atomic mass is 16.6. The third-order valence-electron chi connectivity index (χ3n) is 4.33. The van der Waals surface area contributed by atoms with E-state index in [4.69, 9.17) is 9.57 Å². The van der Waals surface area contributed by atoms with Gasteiger partial charge in [-0.25, -0.2) is 9.59 Å². The second kappa shape index (κ2) is 7.99. The fraction of sp³-hybridized carbons (Fsp3) is 0.263. The number of amides is 1. The van der Waals surface area contributed by atoms with E-state index in [1.165, 1.54) is 7.11 Å². The molecule has 0 saturated heterocycles. The number of hydrogen-bond donors (Lipinski definition) is 2. The van der Waals surface area contributed by atoms with E-state index in [0.29, 0.717) is 12.2 Å². The minimum atomic E-state index is -1.19. The maximum atomic E-state index is 12.2. The van der Waals surface area contributed by atoms with Gasteiger partial charge in [-0.3, -0.25) is 9.74 Å². The number of rotatable bonds is 5. The number of hydroxylamine groups is 1. The molecule has 2 atom stereocenters. The molecule has 0 radical (unpaired) electrons. The standard InChI is InChI=1S/C19H20N2O5/c1-25-18(22)17-15-10-6-5-9-14(15)16(11-21(17)19(23)24)20-26-12-13-7-3-2-4-8-13/h2-10,16-17,20H,11-12H2,1H3,(H,23,24). The lowest BCUT2D eigenvalue weighted by Gasteiger charge is -2.38. The molecule has 136 valence electrons. The normalized spacial score (nSPS) is 18.9. The van der Waals surface area contributed by atoms with Crippen LogP contribution in [0.15, 0.2) is 54.6 Å². The van der Waals surface area contributed by atoms with Crippen molar-refractivity contribution in [2.24, 2.45) is 0 Å². The third-order valence-corrected chi connectivity index (χ3v) is 4.33. The highest BCUT2D eigenvalue weighted by Crippen LogP contribution is 2.35. The zero-order valence-electron chi connectivity index (χ0n) is 14.3. The van der Waals surface area contributed by atoms with Crippen LogP contribution in [-0.2, 0) is 21.0 Å². The Morgan fingerprint density at radius 3 is 2.42 bits per heavy atom. The number of esters is 1. The Hall–Kier alpha value is -2.90. The predicted octanol–water partition coefficient (Wildman–Crippen LogP) is 2.66. The first kappa shape index (κ1) is 17.9. The molecule has 1 aliphatic rings. The highest BCUT2D eigenvalue weighted by Gasteiger charge is 2.40. The van der Waals surface area contributed by atoms with Crippen LogP contribution in [0.1, 0.15) is 28.8 Å². The summed E-state index contributed by atoms with van der Waals surface area (Å²) in [5.41, 5.74) is 5.33. The Bertz CT molecular complexity index is 781. The predicted molar refractivity (Wildman–Crippen MR) is 93.0 cm³/mol. The number of ether oxygens (including phenoxy) is 1. The van der Waals surface area contributed by atoms with E-state index >= 15 is 0 Å². The van der Waals surface area contributed by atoms with Crippen LogP contribution in [0.5, 0.6) is 0 Å². The Morgan fingerprint density at radius 2 is 1.77 bits per heavy atom. The average Bonchev–Trinajstić information content (AvgIpc) is 2.67. The van der Waals surface area contributed by atoms with E-state index in [1.807, 2.05) is 42.5 Å². The summed E-state index contributed by atoms with van der Waals surface area (Å²) < 4.78 is 4.81. The third kappa shape index (κ3) is 3.68. The van der Waals surface area contributed by atoms with Crippen molar-refractivity contribution in [3.8, 4) is 0 Å². The van der Waals surface area contributed by atoms with Gasteiger partial charge in [0.15, 0.2) is 6.04 Å². The highest BCUT2D eigenvalue weighted by molar-refractivity contribution is 5.83. The van der Waals surface area contributed by atoms with Gasteiger partial charge < -0.3 is 9.84 Å². The number of carboxylic acid groups (broad SMARTS) is 1. The van der Waals surface area contributed by atoms with Crippen LogP contribution >= 0.6 is 0 Å². The van der Waals surface area contributed by atoms with Gasteiger partial charge in [0.05, 0.1) is 19.8 Å². The summed E-state index contributed by atoms with van der Waals surface area (Å²) >= 11 is 0. The van der Waals surface area contributed by atoms with Crippen molar-refractivity contribution in [1.29, 1.82) is 0 Å². The number of methoxy groups -OCH3 is 1. The van der Waals surface area contributed by atoms with Crippen LogP contribution < -0.4 is 5.48 Å². The van der Waals surface area contributed by atoms with Gasteiger partial charge >= 0.3 is 12.1 Å². The molecule has 7 nitrogen and oxygen atoms in total. The summed E-state index contributed by atoms with van der Waals surface area (Å²) in [6.07, 6.45) is -1.19. The molecule has 2 aromatic carbocycles. The number of nitrogens with one attached hydrogen (secondary N) is 1. The molecule has 0 bridgehead atoms. The number of carbonyl (C=O) groups is 2. The maximum absolute atomic E-state index is 12.2. The van der Waals surface area contributed by atoms with Crippen LogP contribution in [0.2, 0.25) is 0 Å². The minimum absolute atomic E-state index is 0.0703. The Kier molecular flexibility index (Phi) is 5.50. The molecule has 0 saturated carbocycles. The average molecular weight is 356 g/mol. The SMILES string of the molecule is COC(=O)C1c2ccccc2C(NOCc2ccccc2)CN1C(=O)O. The monoisotopic (exact) mass is 356 g/mol. The van der Waals surface area contributed by atoms with E-state index in [2.05, 4.69) is 5.48 Å². The zero-order chi connectivity index (χ0) is 18.5. The topological polar surface area (TPSA) is 88.1 Å². The van der Waals surface area contributed by atoms with Crippen molar-refractivity contribution in [1.82, 2.24) is 10.4 Å². The summed E-state index contributed by atoms with van der Waals surface area (Å²) in [6, 6.07) is 15.5. The van der Waals surface area contributed by atoms with Crippen molar-refractivity contribution in [2.45, 2.75) is 18.7 Å². The van der Waals surface area contributed by atoms with Gasteiger partial charge in [-0.05, 0) is 16.7 Å². The van der Waals surface area contributed by atoms with E-state index in [9.17, 15) is 14.7 Å². The minimum Gasteiger partial charge on any atom is -0.467 e. The number of nitrogens with zero attached hydrogens (tertiary/aromatic N) is 1. The van der Waals surface area contributed by atoms with Gasteiger partial charge in [-0.2, -0.15) is 5.48 Å². The van der Waals surface area contributed by atoms with Crippen LogP contribution in [0, 0.1) is 0 Å². The van der Waals surface area contributed by atoms with Gasteiger partial charge in [0.25, 0.3) is 0 Å². The molecule has 0 aromatic heterocycles. The summed E-state index contributed by atoms with van der Waals surface area (Å²) in [7, 11) is 1.25. The Balaban J connectivity index is 1.81. The van der Waals surface area contributed by atoms with Gasteiger partial charge in [0, 0.05) is 6.54 Å². The number of carbonyl (C=O) groups excluding carboxylic acids is 1. The molecular formula is C19H20N2O5. The van der Waals surface area contributed by atoms with Crippen molar-refractivity contribution in [3.63, 3.8) is 0 Å². The molecule has 0 aliphatic carbocycles. The molecule has 2 N–H and O–H groups in total. The maximum Gasteiger partial charge on any atom is 0.408 e. The first-order valence-corrected chi connectivity index (χ1v) is 8.19. The number of fused-ring (bicyclic) bond motifs is 1. The van der Waals surface area contributed by atoms with Crippen molar-refractivity contribution >= 4 is 12.1 Å². The van der Waals surface area contributed by atoms with Crippen LogP contribution in [0.25, 0.3) is 0 Å². The molecule has 1 amide bonds. The Labute approximate surface area is 151 Å². The fourth-order valence-electron chi connectivity index (χ4n) is 3.10. The summed E-state index contributed by atoms with van der Waals surface area (Å²) in [6.45, 7) is 0.411. The summed E-state index contributed by atoms with van der Waals surface area (Å²) in [5.74, 6) is -0.608. The molecule has 0 fully saturated rings. The second-order valence-electron chi connectivity index (χ2n) is 5.93. The lowest BCUT2D eigenvalue weighted by atomic mass is 9.90. The van der Waals surface area contributed by atoms with Crippen molar-refractivity contribution in [2.75, 3.05) is 13.7 Å². The van der Waals surface area contributed by atoms with E-state index < -0.39 is 24.1 Å². The first-order chi connectivity index (χ1) is 12.6. The first-order valence-electron chi connectivity index (χ1n) is 8.19. The smallest absolute Gasteiger partial charge is 0.408 e. The molecule has 2 unspecified atom stereocenters. The van der Waals surface area contributed by atoms with Gasteiger partial charge in [-0.15, -0.1) is 0 Å². The molecule has 2 aromatic rings. The zero-order valence-corrected chi connectivity index (χ0v) is 14.3.